The number of aliphatic imine (C=N–C) groups is 1. The monoisotopic (exact) mass is 397 g/mol. The standard InChI is InChI=1S/C22H23NO4S/c1-3-27-21(25)18-16-11-13-23-17-6-4-5-12-22(16,17)28-20(18)19(24)14-7-9-15(26-2)10-8-14/h4-5,7-11,13,16,18,20H,3,6,12H2,1-2H3. The van der Waals surface area contributed by atoms with Gasteiger partial charge in [0.05, 0.1) is 29.6 Å². The zero-order valence-electron chi connectivity index (χ0n) is 16.0. The lowest BCUT2D eigenvalue weighted by atomic mass is 9.72. The SMILES string of the molecule is CCOC(=O)C1C(C(=O)c2ccc(OC)cc2)SC23CC=CCC2=NC=CC13. The van der Waals surface area contributed by atoms with Crippen molar-refractivity contribution in [2.24, 2.45) is 16.8 Å². The second-order valence-electron chi connectivity index (χ2n) is 7.12. The van der Waals surface area contributed by atoms with Gasteiger partial charge in [-0.1, -0.05) is 18.2 Å². The summed E-state index contributed by atoms with van der Waals surface area (Å²) in [6.45, 7) is 2.09. The predicted octanol–water partition coefficient (Wildman–Crippen LogP) is 3.85. The van der Waals surface area contributed by atoms with Crippen LogP contribution in [0.5, 0.6) is 5.75 Å². The second kappa shape index (κ2) is 7.59. The Morgan fingerprint density at radius 2 is 2.04 bits per heavy atom. The second-order valence-corrected chi connectivity index (χ2v) is 8.59. The molecule has 146 valence electrons. The van der Waals surface area contributed by atoms with Crippen molar-refractivity contribution in [3.05, 3.63) is 54.3 Å². The molecule has 0 saturated carbocycles. The number of allylic oxidation sites excluding steroid dienone is 3. The first kappa shape index (κ1) is 19.0. The van der Waals surface area contributed by atoms with Gasteiger partial charge in [-0.2, -0.15) is 0 Å². The molecule has 1 spiro atoms. The van der Waals surface area contributed by atoms with Crippen LogP contribution in [0.4, 0.5) is 0 Å². The van der Waals surface area contributed by atoms with Crippen molar-refractivity contribution in [2.75, 3.05) is 13.7 Å². The molecule has 3 aliphatic rings. The Labute approximate surface area is 168 Å². The first-order valence-electron chi connectivity index (χ1n) is 9.52. The number of ketones is 1. The quantitative estimate of drug-likeness (QED) is 0.429. The molecule has 4 unspecified atom stereocenters. The molecule has 1 aromatic rings. The molecule has 0 radical (unpaired) electrons. The van der Waals surface area contributed by atoms with Gasteiger partial charge >= 0.3 is 5.97 Å². The Kier molecular flexibility index (Phi) is 5.15. The highest BCUT2D eigenvalue weighted by atomic mass is 32.2. The first-order chi connectivity index (χ1) is 13.6. The van der Waals surface area contributed by atoms with Crippen LogP contribution in [0.2, 0.25) is 0 Å². The summed E-state index contributed by atoms with van der Waals surface area (Å²) >= 11 is 1.59. The van der Waals surface area contributed by atoms with Crippen molar-refractivity contribution in [3.8, 4) is 5.75 Å². The summed E-state index contributed by atoms with van der Waals surface area (Å²) in [5.41, 5.74) is 1.63. The third kappa shape index (κ3) is 3.00. The van der Waals surface area contributed by atoms with Gasteiger partial charge in [-0.25, -0.2) is 0 Å². The van der Waals surface area contributed by atoms with E-state index in [-0.39, 0.29) is 22.4 Å². The van der Waals surface area contributed by atoms with Gasteiger partial charge in [0, 0.05) is 29.8 Å². The highest BCUT2D eigenvalue weighted by molar-refractivity contribution is 8.03. The average Bonchev–Trinajstić information content (AvgIpc) is 3.07. The molecule has 28 heavy (non-hydrogen) atoms. The summed E-state index contributed by atoms with van der Waals surface area (Å²) in [7, 11) is 1.59. The average molecular weight is 397 g/mol. The molecule has 0 bridgehead atoms. The van der Waals surface area contributed by atoms with Crippen molar-refractivity contribution in [1.82, 2.24) is 0 Å². The van der Waals surface area contributed by atoms with Gasteiger partial charge < -0.3 is 9.47 Å². The maximum atomic E-state index is 13.4. The molecule has 2 aliphatic heterocycles. The molecular weight excluding hydrogens is 374 g/mol. The van der Waals surface area contributed by atoms with Crippen LogP contribution in [0, 0.1) is 11.8 Å². The fraction of sp³-hybridized carbons (Fsp3) is 0.409. The van der Waals surface area contributed by atoms with E-state index in [2.05, 4.69) is 17.1 Å². The Balaban J connectivity index is 1.73. The predicted molar refractivity (Wildman–Crippen MR) is 110 cm³/mol. The van der Waals surface area contributed by atoms with Crippen LogP contribution in [0.15, 0.2) is 53.7 Å². The van der Waals surface area contributed by atoms with Gasteiger partial charge in [-0.3, -0.25) is 14.6 Å². The lowest BCUT2D eigenvalue weighted by molar-refractivity contribution is -0.148. The van der Waals surface area contributed by atoms with Crippen LogP contribution in [0.25, 0.3) is 0 Å². The number of carbonyl (C=O) groups is 2. The van der Waals surface area contributed by atoms with Crippen LogP contribution in [-0.4, -0.2) is 41.2 Å². The summed E-state index contributed by atoms with van der Waals surface area (Å²) in [4.78, 5) is 30.9. The minimum Gasteiger partial charge on any atom is -0.497 e. The van der Waals surface area contributed by atoms with E-state index >= 15 is 0 Å². The van der Waals surface area contributed by atoms with Gasteiger partial charge in [-0.15, -0.1) is 11.8 Å². The number of methoxy groups -OCH3 is 1. The number of esters is 1. The molecule has 0 aromatic heterocycles. The maximum absolute atomic E-state index is 13.4. The van der Waals surface area contributed by atoms with Crippen molar-refractivity contribution >= 4 is 29.2 Å². The molecule has 6 heteroatoms. The molecule has 4 rings (SSSR count). The number of hydrogen-bond donors (Lipinski definition) is 0. The third-order valence-corrected chi connectivity index (χ3v) is 7.55. The van der Waals surface area contributed by atoms with Gasteiger partial charge in [-0.05, 0) is 37.6 Å². The van der Waals surface area contributed by atoms with Gasteiger partial charge in [0.15, 0.2) is 5.78 Å². The smallest absolute Gasteiger partial charge is 0.311 e. The molecule has 1 saturated heterocycles. The number of rotatable bonds is 5. The number of thioether (sulfide) groups is 1. The fourth-order valence-corrected chi connectivity index (χ4v) is 6.32. The summed E-state index contributed by atoms with van der Waals surface area (Å²) in [5.74, 6) is -0.269. The zero-order valence-corrected chi connectivity index (χ0v) is 16.8. The molecule has 4 atom stereocenters. The Hall–Kier alpha value is -2.34. The lowest BCUT2D eigenvalue weighted by Gasteiger charge is -2.38. The van der Waals surface area contributed by atoms with E-state index in [1.807, 2.05) is 6.08 Å². The number of carbonyl (C=O) groups excluding carboxylic acids is 2. The van der Waals surface area contributed by atoms with Crippen LogP contribution in [-0.2, 0) is 9.53 Å². The largest absolute Gasteiger partial charge is 0.497 e. The Morgan fingerprint density at radius 3 is 2.75 bits per heavy atom. The van der Waals surface area contributed by atoms with E-state index in [1.54, 1.807) is 56.3 Å². The number of hydrogen-bond acceptors (Lipinski definition) is 6. The number of Topliss-reactive ketones (excluding diaryl/α,β-unsaturated/α-hetero) is 1. The van der Waals surface area contributed by atoms with Crippen molar-refractivity contribution in [2.45, 2.75) is 29.8 Å². The number of benzene rings is 1. The molecule has 0 amide bonds. The topological polar surface area (TPSA) is 65.0 Å². The van der Waals surface area contributed by atoms with E-state index in [0.717, 1.165) is 18.6 Å². The summed E-state index contributed by atoms with van der Waals surface area (Å²) in [6.07, 6.45) is 9.54. The lowest BCUT2D eigenvalue weighted by Crippen LogP contribution is -2.44. The van der Waals surface area contributed by atoms with E-state index in [0.29, 0.717) is 17.9 Å². The number of ether oxygens (including phenoxy) is 2. The van der Waals surface area contributed by atoms with Crippen LogP contribution in [0.1, 0.15) is 30.1 Å². The molecule has 1 fully saturated rings. The van der Waals surface area contributed by atoms with E-state index < -0.39 is 11.2 Å². The summed E-state index contributed by atoms with van der Waals surface area (Å²) < 4.78 is 10.2. The van der Waals surface area contributed by atoms with Crippen molar-refractivity contribution in [1.29, 1.82) is 0 Å². The fourth-order valence-electron chi connectivity index (χ4n) is 4.35. The van der Waals surface area contributed by atoms with E-state index in [4.69, 9.17) is 9.47 Å². The highest BCUT2D eigenvalue weighted by Crippen LogP contribution is 2.58. The van der Waals surface area contributed by atoms with Gasteiger partial charge in [0.1, 0.15) is 5.75 Å². The van der Waals surface area contributed by atoms with Gasteiger partial charge in [0.25, 0.3) is 0 Å². The third-order valence-electron chi connectivity index (χ3n) is 5.69. The summed E-state index contributed by atoms with van der Waals surface area (Å²) in [6, 6.07) is 7.06. The molecule has 1 aliphatic carbocycles. The minimum atomic E-state index is -0.521. The Bertz CT molecular complexity index is 873. The first-order valence-corrected chi connectivity index (χ1v) is 10.4. The Morgan fingerprint density at radius 1 is 1.25 bits per heavy atom. The highest BCUT2D eigenvalue weighted by Gasteiger charge is 2.61. The minimum absolute atomic E-state index is 0.0446. The van der Waals surface area contributed by atoms with E-state index in [1.165, 1.54) is 0 Å². The van der Waals surface area contributed by atoms with Crippen molar-refractivity contribution < 1.29 is 19.1 Å². The van der Waals surface area contributed by atoms with Crippen LogP contribution in [0.3, 0.4) is 0 Å². The molecule has 5 nitrogen and oxygen atoms in total. The van der Waals surface area contributed by atoms with Crippen LogP contribution >= 0.6 is 11.8 Å². The molecule has 0 N–H and O–H groups in total. The molecular formula is C22H23NO4S. The number of nitrogens with zero attached hydrogens (tertiary/aromatic N) is 1. The van der Waals surface area contributed by atoms with Gasteiger partial charge in [0.2, 0.25) is 0 Å². The van der Waals surface area contributed by atoms with Crippen molar-refractivity contribution in [3.63, 3.8) is 0 Å². The van der Waals surface area contributed by atoms with E-state index in [9.17, 15) is 9.59 Å². The molecule has 1 aromatic carbocycles. The molecule has 2 heterocycles. The zero-order chi connectivity index (χ0) is 19.7. The van der Waals surface area contributed by atoms with Crippen LogP contribution < -0.4 is 4.74 Å². The summed E-state index contributed by atoms with van der Waals surface area (Å²) in [5, 5.41) is -0.503. The normalized spacial score (nSPS) is 30.2. The maximum Gasteiger partial charge on any atom is 0.311 e.